The second-order valence-corrected chi connectivity index (χ2v) is 16.3. The second kappa shape index (κ2) is 28.8. The molecule has 0 bridgehead atoms. The van der Waals surface area contributed by atoms with Gasteiger partial charge in [0.2, 0.25) is 0 Å². The minimum atomic E-state index is -0.143. The van der Waals surface area contributed by atoms with Gasteiger partial charge in [0.15, 0.2) is 0 Å². The molecule has 0 saturated carbocycles. The molecule has 0 aromatic heterocycles. The van der Waals surface area contributed by atoms with Crippen molar-refractivity contribution in [2.75, 3.05) is 79.4 Å². The molecule has 10 heteroatoms. The van der Waals surface area contributed by atoms with Crippen molar-refractivity contribution in [1.82, 2.24) is 19.8 Å². The predicted octanol–water partition coefficient (Wildman–Crippen LogP) is 8.39. The highest BCUT2D eigenvalue weighted by Crippen LogP contribution is 2.26. The molecule has 3 N–H and O–H groups in total. The Labute approximate surface area is 312 Å². The van der Waals surface area contributed by atoms with Crippen LogP contribution in [-0.2, 0) is 14.2 Å². The van der Waals surface area contributed by atoms with Crippen molar-refractivity contribution in [3.63, 3.8) is 0 Å². The summed E-state index contributed by atoms with van der Waals surface area (Å²) in [5.74, 6) is 1.17. The Kier molecular flexibility index (Phi) is 26.7. The van der Waals surface area contributed by atoms with Crippen LogP contribution in [0.5, 0.6) is 0 Å². The van der Waals surface area contributed by atoms with Gasteiger partial charge in [-0.1, -0.05) is 68.4 Å². The van der Waals surface area contributed by atoms with Crippen molar-refractivity contribution < 1.29 is 14.2 Å². The quantitative estimate of drug-likeness (QED) is 0.0375. The van der Waals surface area contributed by atoms with Crippen molar-refractivity contribution in [3.05, 3.63) is 35.7 Å². The third-order valence-corrected chi connectivity index (χ3v) is 9.46. The van der Waals surface area contributed by atoms with Crippen LogP contribution in [0.15, 0.2) is 40.7 Å². The first-order valence-electron chi connectivity index (χ1n) is 19.6. The number of nitrogens with zero attached hydrogens (tertiary/aromatic N) is 3. The Balaban J connectivity index is 0.00000161. The molecule has 9 nitrogen and oxygen atoms in total. The monoisotopic (exact) mass is 721 g/mol. The zero-order valence-electron chi connectivity index (χ0n) is 33.3. The zero-order valence-corrected chi connectivity index (χ0v) is 34.1. The van der Waals surface area contributed by atoms with E-state index in [0.29, 0.717) is 4.75 Å². The standard InChI is InChI=1S/C35H63N5O3.C5H13NS/c1-5-7-16-32-17-13-19-35(3,20-18-32)43-30-15-29-42-27-12-10-8-9-11-26-41-28-14-21-39-22-24-40(25-23-39)34(38-6-2)31-33(36)37-4;1-5(2,3)7-6-4/h17-18,20,31,36,38H,4-16,19,21-30H2,1-3H3;6H,1-4H3/b34-31+,36-33?;. The van der Waals surface area contributed by atoms with Gasteiger partial charge in [-0.3, -0.25) is 15.0 Å². The van der Waals surface area contributed by atoms with Gasteiger partial charge in [-0.2, -0.15) is 0 Å². The number of nitrogens with one attached hydrogen (secondary N) is 3. The molecule has 1 atom stereocenters. The lowest BCUT2D eigenvalue weighted by Gasteiger charge is -2.37. The molecule has 1 saturated heterocycles. The number of ether oxygens (including phenoxy) is 3. The van der Waals surface area contributed by atoms with Crippen LogP contribution in [0, 0.1) is 5.41 Å². The van der Waals surface area contributed by atoms with Gasteiger partial charge < -0.3 is 24.4 Å². The van der Waals surface area contributed by atoms with E-state index in [1.807, 2.05) is 7.05 Å². The first-order valence-corrected chi connectivity index (χ1v) is 20.4. The van der Waals surface area contributed by atoms with Crippen LogP contribution in [0.4, 0.5) is 0 Å². The van der Waals surface area contributed by atoms with E-state index >= 15 is 0 Å². The molecule has 50 heavy (non-hydrogen) atoms. The molecule has 1 fully saturated rings. The van der Waals surface area contributed by atoms with Crippen LogP contribution in [0.1, 0.15) is 119 Å². The van der Waals surface area contributed by atoms with E-state index in [1.165, 1.54) is 44.1 Å². The summed E-state index contributed by atoms with van der Waals surface area (Å²) in [6.45, 7) is 26.5. The molecular formula is C40H76N6O3S. The second-order valence-electron chi connectivity index (χ2n) is 14.5. The summed E-state index contributed by atoms with van der Waals surface area (Å²) >= 11 is 1.74. The van der Waals surface area contributed by atoms with E-state index < -0.39 is 0 Å². The van der Waals surface area contributed by atoms with E-state index in [2.05, 4.69) is 91.3 Å². The highest BCUT2D eigenvalue weighted by molar-refractivity contribution is 7.98. The Morgan fingerprint density at radius 1 is 0.960 bits per heavy atom. The lowest BCUT2D eigenvalue weighted by atomic mass is 10.0. The van der Waals surface area contributed by atoms with Gasteiger partial charge in [-0.05, 0) is 99.8 Å². The molecule has 1 heterocycles. The minimum absolute atomic E-state index is 0.143. The first-order chi connectivity index (χ1) is 24.1. The summed E-state index contributed by atoms with van der Waals surface area (Å²) in [7, 11) is 1.94. The summed E-state index contributed by atoms with van der Waals surface area (Å²) < 4.78 is 21.4. The fraction of sp³-hybridized carbons (Fsp3) is 0.800. The lowest BCUT2D eigenvalue weighted by molar-refractivity contribution is -0.0110. The van der Waals surface area contributed by atoms with Gasteiger partial charge in [0.05, 0.1) is 5.60 Å². The van der Waals surface area contributed by atoms with E-state index in [4.69, 9.17) is 19.6 Å². The highest BCUT2D eigenvalue weighted by Gasteiger charge is 2.22. The van der Waals surface area contributed by atoms with Crippen LogP contribution >= 0.6 is 11.9 Å². The zero-order chi connectivity index (χ0) is 36.9. The summed E-state index contributed by atoms with van der Waals surface area (Å²) in [4.78, 5) is 8.51. The molecule has 1 unspecified atom stereocenters. The molecule has 0 aromatic rings. The number of allylic oxidation sites excluding steroid dienone is 3. The number of rotatable bonds is 25. The fourth-order valence-corrected chi connectivity index (χ4v) is 6.41. The van der Waals surface area contributed by atoms with Gasteiger partial charge >= 0.3 is 0 Å². The van der Waals surface area contributed by atoms with E-state index in [0.717, 1.165) is 117 Å². The summed E-state index contributed by atoms with van der Waals surface area (Å²) in [6.07, 6.45) is 22.6. The Morgan fingerprint density at radius 3 is 2.18 bits per heavy atom. The molecular weight excluding hydrogens is 645 g/mol. The molecule has 1 aliphatic carbocycles. The maximum atomic E-state index is 7.78. The third kappa shape index (κ3) is 24.5. The van der Waals surface area contributed by atoms with Crippen LogP contribution < -0.4 is 10.0 Å². The van der Waals surface area contributed by atoms with E-state index in [-0.39, 0.29) is 11.4 Å². The number of aliphatic imine (C=N–C) groups is 1. The maximum absolute atomic E-state index is 7.78. The third-order valence-electron chi connectivity index (χ3n) is 8.64. The van der Waals surface area contributed by atoms with Crippen molar-refractivity contribution in [1.29, 1.82) is 5.41 Å². The van der Waals surface area contributed by atoms with Gasteiger partial charge in [-0.25, -0.2) is 4.99 Å². The van der Waals surface area contributed by atoms with Gasteiger partial charge in [0, 0.05) is 83.1 Å². The van der Waals surface area contributed by atoms with Gasteiger partial charge in [0.25, 0.3) is 0 Å². The predicted molar refractivity (Wildman–Crippen MR) is 218 cm³/mol. The molecule has 290 valence electrons. The Bertz CT molecular complexity index is 975. The summed E-state index contributed by atoms with van der Waals surface area (Å²) in [5, 5.41) is 11.1. The van der Waals surface area contributed by atoms with Gasteiger partial charge in [-0.15, -0.1) is 0 Å². The number of amidine groups is 1. The average molecular weight is 721 g/mol. The van der Waals surface area contributed by atoms with E-state index in [1.54, 1.807) is 18.0 Å². The first kappa shape index (κ1) is 46.3. The fourth-order valence-electron chi connectivity index (χ4n) is 5.79. The molecule has 2 rings (SSSR count). The maximum Gasteiger partial charge on any atom is 0.147 e. The molecule has 1 aliphatic heterocycles. The number of hydrogen-bond acceptors (Lipinski definition) is 9. The molecule has 0 amide bonds. The van der Waals surface area contributed by atoms with Crippen LogP contribution in [0.2, 0.25) is 0 Å². The van der Waals surface area contributed by atoms with Crippen molar-refractivity contribution >= 4 is 24.5 Å². The molecule has 0 aromatic carbocycles. The number of piperazine rings is 1. The van der Waals surface area contributed by atoms with Crippen molar-refractivity contribution in [2.24, 2.45) is 4.99 Å². The SMILES string of the molecule is C=NC(=N)/C=C(\NCC)N1CCN(CCCOCCCCCCCOCCCOC2(C)C=CC(CCCC)=CCC2)CC1.CNSC(C)(C)C. The number of hydrogen-bond donors (Lipinski definition) is 3. The molecule has 0 spiro atoms. The van der Waals surface area contributed by atoms with E-state index in [9.17, 15) is 0 Å². The Morgan fingerprint density at radius 2 is 1.60 bits per heavy atom. The normalized spacial score (nSPS) is 18.7. The molecule has 0 radical (unpaired) electrons. The smallest absolute Gasteiger partial charge is 0.147 e. The van der Waals surface area contributed by atoms with Crippen LogP contribution in [-0.4, -0.2) is 112 Å². The summed E-state index contributed by atoms with van der Waals surface area (Å²) in [5.41, 5.74) is 1.33. The van der Waals surface area contributed by atoms with Crippen LogP contribution in [0.25, 0.3) is 0 Å². The lowest BCUT2D eigenvalue weighted by Crippen LogP contribution is -2.48. The van der Waals surface area contributed by atoms with Crippen LogP contribution in [0.3, 0.4) is 0 Å². The molecule has 2 aliphatic rings. The Hall–Kier alpha value is -1.69. The van der Waals surface area contributed by atoms with Gasteiger partial charge in [0.1, 0.15) is 11.7 Å². The topological polar surface area (TPSA) is 94.4 Å². The summed E-state index contributed by atoms with van der Waals surface area (Å²) in [6, 6.07) is 0. The number of unbranched alkanes of at least 4 members (excludes halogenated alkanes) is 5. The van der Waals surface area contributed by atoms with Crippen molar-refractivity contribution in [2.45, 2.75) is 129 Å². The highest BCUT2D eigenvalue weighted by atomic mass is 32.2. The average Bonchev–Trinajstić information content (AvgIpc) is 3.27. The largest absolute Gasteiger partial charge is 0.381 e. The minimum Gasteiger partial charge on any atom is -0.381 e. The van der Waals surface area contributed by atoms with Crippen molar-refractivity contribution in [3.8, 4) is 0 Å².